The molecule has 0 radical (unpaired) electrons. The van der Waals surface area contributed by atoms with E-state index in [1.807, 2.05) is 0 Å². The smallest absolute Gasteiger partial charge is 0.348 e. The molecule has 0 aliphatic rings. The van der Waals surface area contributed by atoms with E-state index >= 15 is 0 Å². The number of ether oxygens (including phenoxy) is 6. The zero-order valence-electron chi connectivity index (χ0n) is 17.0. The van der Waals surface area contributed by atoms with Crippen molar-refractivity contribution in [3.05, 3.63) is 33.7 Å². The maximum absolute atomic E-state index is 12.7. The Morgan fingerprint density at radius 2 is 1.50 bits per heavy atom. The minimum atomic E-state index is -0.788. The van der Waals surface area contributed by atoms with Gasteiger partial charge in [0, 0.05) is 5.56 Å². The molecule has 0 bridgehead atoms. The predicted molar refractivity (Wildman–Crippen MR) is 107 cm³/mol. The molecular weight excluding hydrogens is 418 g/mol. The van der Waals surface area contributed by atoms with Crippen LogP contribution in [-0.2, 0) is 20.8 Å². The molecule has 2 aromatic rings. The quantitative estimate of drug-likeness (QED) is 0.482. The minimum absolute atomic E-state index is 0.0301. The molecule has 10 nitrogen and oxygen atoms in total. The monoisotopic (exact) mass is 439 g/mol. The summed E-state index contributed by atoms with van der Waals surface area (Å²) in [5.41, 5.74) is 5.94. The second-order valence-electron chi connectivity index (χ2n) is 5.59. The van der Waals surface area contributed by atoms with Gasteiger partial charge in [0.1, 0.15) is 27.6 Å². The summed E-state index contributed by atoms with van der Waals surface area (Å²) in [6.07, 6.45) is 0. The van der Waals surface area contributed by atoms with Crippen molar-refractivity contribution in [2.45, 2.75) is 6.61 Å². The first kappa shape index (κ1) is 22.8. The van der Waals surface area contributed by atoms with E-state index in [1.54, 1.807) is 0 Å². The van der Waals surface area contributed by atoms with Crippen molar-refractivity contribution < 1.29 is 42.8 Å². The van der Waals surface area contributed by atoms with E-state index in [0.29, 0.717) is 5.75 Å². The number of hydrogen-bond acceptors (Lipinski definition) is 11. The first-order valence-corrected chi connectivity index (χ1v) is 9.19. The van der Waals surface area contributed by atoms with Gasteiger partial charge < -0.3 is 34.2 Å². The molecule has 2 N–H and O–H groups in total. The second kappa shape index (κ2) is 9.83. The number of methoxy groups -OCH3 is 5. The minimum Gasteiger partial charge on any atom is -0.493 e. The first-order valence-electron chi connectivity index (χ1n) is 8.38. The Bertz CT molecular complexity index is 967. The second-order valence-corrected chi connectivity index (χ2v) is 6.64. The maximum Gasteiger partial charge on any atom is 0.348 e. The fourth-order valence-corrected chi connectivity index (χ4v) is 3.66. The van der Waals surface area contributed by atoms with Crippen LogP contribution in [0, 0.1) is 0 Å². The molecule has 1 aromatic carbocycles. The van der Waals surface area contributed by atoms with Gasteiger partial charge in [0.2, 0.25) is 5.75 Å². The third-order valence-corrected chi connectivity index (χ3v) is 5.11. The van der Waals surface area contributed by atoms with Crippen molar-refractivity contribution in [3.63, 3.8) is 0 Å². The molecule has 0 saturated heterocycles. The number of esters is 3. The molecule has 30 heavy (non-hydrogen) atoms. The normalized spacial score (nSPS) is 10.2. The van der Waals surface area contributed by atoms with Crippen LogP contribution in [0.2, 0.25) is 0 Å². The van der Waals surface area contributed by atoms with Crippen LogP contribution in [0.4, 0.5) is 5.00 Å². The van der Waals surface area contributed by atoms with E-state index in [4.69, 9.17) is 34.2 Å². The topological polar surface area (TPSA) is 133 Å². The highest BCUT2D eigenvalue weighted by atomic mass is 32.1. The van der Waals surface area contributed by atoms with Crippen molar-refractivity contribution in [1.29, 1.82) is 0 Å². The molecule has 0 aliphatic carbocycles. The Hall–Kier alpha value is -3.47. The summed E-state index contributed by atoms with van der Waals surface area (Å²) in [5.74, 6) is -1.61. The summed E-state index contributed by atoms with van der Waals surface area (Å²) >= 11 is 0.833. The number of nitrogens with two attached hydrogens (primary N) is 1. The van der Waals surface area contributed by atoms with Crippen molar-refractivity contribution in [1.82, 2.24) is 0 Å². The summed E-state index contributed by atoms with van der Waals surface area (Å²) in [5, 5.41) is 0.0389. The van der Waals surface area contributed by atoms with Crippen LogP contribution in [0.1, 0.15) is 36.0 Å². The van der Waals surface area contributed by atoms with E-state index < -0.39 is 24.5 Å². The van der Waals surface area contributed by atoms with Gasteiger partial charge >= 0.3 is 17.9 Å². The number of carbonyl (C=O) groups excluding carboxylic acids is 3. The van der Waals surface area contributed by atoms with E-state index in [0.717, 1.165) is 11.3 Å². The van der Waals surface area contributed by atoms with E-state index in [2.05, 4.69) is 0 Å². The molecule has 162 valence electrons. The van der Waals surface area contributed by atoms with Gasteiger partial charge in [0.15, 0.2) is 11.5 Å². The lowest BCUT2D eigenvalue weighted by Gasteiger charge is -2.15. The van der Waals surface area contributed by atoms with Gasteiger partial charge in [-0.3, -0.25) is 0 Å². The third-order valence-electron chi connectivity index (χ3n) is 4.07. The summed E-state index contributed by atoms with van der Waals surface area (Å²) in [4.78, 5) is 36.9. The molecule has 11 heteroatoms. The average Bonchev–Trinajstić information content (AvgIpc) is 3.10. The number of nitrogen functional groups attached to an aromatic ring is 1. The zero-order valence-corrected chi connectivity index (χ0v) is 17.8. The Morgan fingerprint density at radius 1 is 0.867 bits per heavy atom. The van der Waals surface area contributed by atoms with Crippen molar-refractivity contribution in [2.24, 2.45) is 0 Å². The predicted octanol–water partition coefficient (Wildman–Crippen LogP) is 2.29. The van der Waals surface area contributed by atoms with E-state index in [-0.39, 0.29) is 38.1 Å². The summed E-state index contributed by atoms with van der Waals surface area (Å²) in [6.45, 7) is -0.432. The highest BCUT2D eigenvalue weighted by Gasteiger charge is 2.29. The largest absolute Gasteiger partial charge is 0.493 e. The molecule has 2 rings (SSSR count). The van der Waals surface area contributed by atoms with Crippen LogP contribution in [-0.4, -0.2) is 53.5 Å². The molecule has 0 atom stereocenters. The first-order chi connectivity index (χ1) is 14.3. The van der Waals surface area contributed by atoms with Crippen LogP contribution in [0.5, 0.6) is 17.2 Å². The molecule has 1 aromatic heterocycles. The van der Waals surface area contributed by atoms with Gasteiger partial charge in [0.25, 0.3) is 0 Å². The Labute approximate surface area is 176 Å². The van der Waals surface area contributed by atoms with Crippen molar-refractivity contribution in [3.8, 4) is 17.2 Å². The number of hydrogen-bond donors (Lipinski definition) is 1. The van der Waals surface area contributed by atoms with Crippen molar-refractivity contribution in [2.75, 3.05) is 41.3 Å². The number of anilines is 1. The molecule has 0 saturated carbocycles. The zero-order chi connectivity index (χ0) is 22.4. The fourth-order valence-electron chi connectivity index (χ4n) is 2.68. The van der Waals surface area contributed by atoms with Gasteiger partial charge in [-0.25, -0.2) is 14.4 Å². The van der Waals surface area contributed by atoms with Crippen LogP contribution in [0.3, 0.4) is 0 Å². The highest BCUT2D eigenvalue weighted by Crippen LogP contribution is 2.40. The molecule has 0 spiro atoms. The summed E-state index contributed by atoms with van der Waals surface area (Å²) < 4.78 is 30.5. The number of thiophene rings is 1. The summed E-state index contributed by atoms with van der Waals surface area (Å²) in [7, 11) is 6.55. The molecule has 0 amide bonds. The molecule has 0 aliphatic heterocycles. The Kier molecular flexibility index (Phi) is 7.48. The third kappa shape index (κ3) is 4.25. The molecule has 0 unspecified atom stereocenters. The van der Waals surface area contributed by atoms with Gasteiger partial charge in [-0.15, -0.1) is 11.3 Å². The highest BCUT2D eigenvalue weighted by molar-refractivity contribution is 7.18. The Balaban J connectivity index is 2.41. The van der Waals surface area contributed by atoms with Gasteiger partial charge in [-0.05, 0) is 12.1 Å². The van der Waals surface area contributed by atoms with Gasteiger partial charge in [-0.1, -0.05) is 0 Å². The van der Waals surface area contributed by atoms with E-state index in [9.17, 15) is 14.4 Å². The lowest BCUT2D eigenvalue weighted by molar-refractivity contribution is 0.0448. The van der Waals surface area contributed by atoms with Crippen LogP contribution in [0.25, 0.3) is 0 Å². The molecular formula is C19H21NO9S. The molecule has 0 fully saturated rings. The lowest BCUT2D eigenvalue weighted by atomic mass is 10.1. The Morgan fingerprint density at radius 3 is 2.03 bits per heavy atom. The standard InChI is InChI=1S/C19H21NO9S/c1-24-11-7-6-9(13(25-2)14(11)26-3)17(21)29-8-10-12(18(22)27-4)16(20)30-15(10)19(23)28-5/h6-7H,8,20H2,1-5H3. The number of rotatable bonds is 8. The van der Waals surface area contributed by atoms with Crippen LogP contribution >= 0.6 is 11.3 Å². The fraction of sp³-hybridized carbons (Fsp3) is 0.316. The SMILES string of the molecule is COC(=O)c1sc(N)c(C(=O)OC)c1COC(=O)c1ccc(OC)c(OC)c1OC. The van der Waals surface area contributed by atoms with Gasteiger partial charge in [-0.2, -0.15) is 0 Å². The number of benzene rings is 1. The van der Waals surface area contributed by atoms with E-state index in [1.165, 1.54) is 47.7 Å². The lowest BCUT2D eigenvalue weighted by Crippen LogP contribution is -2.13. The number of carbonyl (C=O) groups is 3. The van der Waals surface area contributed by atoms with Crippen LogP contribution < -0.4 is 19.9 Å². The van der Waals surface area contributed by atoms with Crippen LogP contribution in [0.15, 0.2) is 12.1 Å². The van der Waals surface area contributed by atoms with Crippen molar-refractivity contribution >= 4 is 34.2 Å². The summed E-state index contributed by atoms with van der Waals surface area (Å²) in [6, 6.07) is 2.95. The average molecular weight is 439 g/mol. The van der Waals surface area contributed by atoms with Gasteiger partial charge in [0.05, 0.1) is 35.5 Å². The maximum atomic E-state index is 12.7. The molecule has 1 heterocycles.